The third-order valence-corrected chi connectivity index (χ3v) is 4.20. The van der Waals surface area contributed by atoms with Crippen molar-refractivity contribution in [3.63, 3.8) is 0 Å². The van der Waals surface area contributed by atoms with Crippen LogP contribution in [0.3, 0.4) is 0 Å². The highest BCUT2D eigenvalue weighted by Gasteiger charge is 2.16. The summed E-state index contributed by atoms with van der Waals surface area (Å²) in [7, 11) is 1.66. The van der Waals surface area contributed by atoms with E-state index in [4.69, 9.17) is 10.5 Å². The van der Waals surface area contributed by atoms with Crippen molar-refractivity contribution in [3.8, 4) is 5.75 Å². The molecule has 19 heavy (non-hydrogen) atoms. The van der Waals surface area contributed by atoms with Gasteiger partial charge in [0.15, 0.2) is 0 Å². The average molecular weight is 385 g/mol. The standard InChI is InChI=1S/C15H15Br2NO/c1-9-3-6-14(19-2)12(7-9)15(18)11-5-4-10(16)8-13(11)17/h3-8,15H,18H2,1-2H3. The minimum Gasteiger partial charge on any atom is -0.496 e. The molecular weight excluding hydrogens is 370 g/mol. The van der Waals surface area contributed by atoms with Crippen molar-refractivity contribution in [2.45, 2.75) is 13.0 Å². The number of nitrogens with two attached hydrogens (primary N) is 1. The molecule has 2 rings (SSSR count). The van der Waals surface area contributed by atoms with Crippen LogP contribution < -0.4 is 10.5 Å². The zero-order valence-electron chi connectivity index (χ0n) is 10.8. The molecule has 100 valence electrons. The molecule has 1 unspecified atom stereocenters. The van der Waals surface area contributed by atoms with Crippen LogP contribution in [0.2, 0.25) is 0 Å². The molecule has 0 radical (unpaired) electrons. The second-order valence-electron chi connectivity index (χ2n) is 4.39. The Hall–Kier alpha value is -0.840. The highest BCUT2D eigenvalue weighted by atomic mass is 79.9. The minimum atomic E-state index is -0.225. The Balaban J connectivity index is 2.49. The van der Waals surface area contributed by atoms with Crippen LogP contribution in [-0.4, -0.2) is 7.11 Å². The summed E-state index contributed by atoms with van der Waals surface area (Å²) in [4.78, 5) is 0. The highest BCUT2D eigenvalue weighted by Crippen LogP contribution is 2.33. The fourth-order valence-corrected chi connectivity index (χ4v) is 3.31. The third kappa shape index (κ3) is 3.19. The zero-order valence-corrected chi connectivity index (χ0v) is 14.0. The lowest BCUT2D eigenvalue weighted by molar-refractivity contribution is 0.407. The smallest absolute Gasteiger partial charge is 0.123 e. The molecule has 0 aliphatic heterocycles. The van der Waals surface area contributed by atoms with E-state index >= 15 is 0 Å². The van der Waals surface area contributed by atoms with Gasteiger partial charge in [-0.1, -0.05) is 55.6 Å². The first kappa shape index (κ1) is 14.6. The van der Waals surface area contributed by atoms with Crippen LogP contribution in [0.1, 0.15) is 22.7 Å². The lowest BCUT2D eigenvalue weighted by Gasteiger charge is -2.18. The topological polar surface area (TPSA) is 35.2 Å². The second-order valence-corrected chi connectivity index (χ2v) is 6.16. The molecule has 0 fully saturated rings. The SMILES string of the molecule is COc1ccc(C)cc1C(N)c1ccc(Br)cc1Br. The number of methoxy groups -OCH3 is 1. The number of ether oxygens (including phenoxy) is 1. The van der Waals surface area contributed by atoms with Gasteiger partial charge in [-0.15, -0.1) is 0 Å². The van der Waals surface area contributed by atoms with E-state index in [-0.39, 0.29) is 6.04 Å². The van der Waals surface area contributed by atoms with Gasteiger partial charge in [-0.05, 0) is 30.7 Å². The van der Waals surface area contributed by atoms with Crippen LogP contribution in [0, 0.1) is 6.92 Å². The Kier molecular flexibility index (Phi) is 4.66. The van der Waals surface area contributed by atoms with Crippen LogP contribution in [-0.2, 0) is 0 Å². The van der Waals surface area contributed by atoms with Gasteiger partial charge in [0.05, 0.1) is 13.2 Å². The van der Waals surface area contributed by atoms with Crippen molar-refractivity contribution in [1.29, 1.82) is 0 Å². The van der Waals surface area contributed by atoms with E-state index in [2.05, 4.69) is 37.9 Å². The summed E-state index contributed by atoms with van der Waals surface area (Å²) >= 11 is 7.01. The van der Waals surface area contributed by atoms with Gasteiger partial charge in [0.1, 0.15) is 5.75 Å². The molecule has 0 spiro atoms. The molecule has 0 aliphatic carbocycles. The van der Waals surface area contributed by atoms with Crippen molar-refractivity contribution >= 4 is 31.9 Å². The van der Waals surface area contributed by atoms with E-state index in [1.165, 1.54) is 5.56 Å². The molecule has 2 aromatic rings. The molecular formula is C15H15Br2NO. The number of benzene rings is 2. The monoisotopic (exact) mass is 383 g/mol. The van der Waals surface area contributed by atoms with Gasteiger partial charge in [0.2, 0.25) is 0 Å². The van der Waals surface area contributed by atoms with Crippen molar-refractivity contribution in [2.24, 2.45) is 5.73 Å². The average Bonchev–Trinajstić information content (AvgIpc) is 2.38. The first-order chi connectivity index (χ1) is 9.02. The minimum absolute atomic E-state index is 0.225. The highest BCUT2D eigenvalue weighted by molar-refractivity contribution is 9.11. The van der Waals surface area contributed by atoms with Crippen LogP contribution in [0.4, 0.5) is 0 Å². The summed E-state index contributed by atoms with van der Waals surface area (Å²) in [5, 5.41) is 0. The Labute approximate surface area is 130 Å². The fourth-order valence-electron chi connectivity index (χ4n) is 2.02. The third-order valence-electron chi connectivity index (χ3n) is 3.02. The Morgan fingerprint density at radius 1 is 1.05 bits per heavy atom. The predicted octanol–water partition coefficient (Wildman–Crippen LogP) is 4.58. The normalized spacial score (nSPS) is 12.3. The van der Waals surface area contributed by atoms with Crippen molar-refractivity contribution in [3.05, 3.63) is 62.0 Å². The Morgan fingerprint density at radius 3 is 2.42 bits per heavy atom. The molecule has 2 N–H and O–H groups in total. The van der Waals surface area contributed by atoms with Crippen molar-refractivity contribution in [1.82, 2.24) is 0 Å². The molecule has 1 atom stereocenters. The van der Waals surface area contributed by atoms with E-state index in [9.17, 15) is 0 Å². The molecule has 2 nitrogen and oxygen atoms in total. The Morgan fingerprint density at radius 2 is 1.79 bits per heavy atom. The lowest BCUT2D eigenvalue weighted by Crippen LogP contribution is -2.14. The molecule has 0 amide bonds. The number of aryl methyl sites for hydroxylation is 1. The maximum Gasteiger partial charge on any atom is 0.123 e. The van der Waals surface area contributed by atoms with Gasteiger partial charge >= 0.3 is 0 Å². The van der Waals surface area contributed by atoms with E-state index in [1.807, 2.05) is 37.3 Å². The molecule has 0 saturated carbocycles. The zero-order chi connectivity index (χ0) is 14.0. The van der Waals surface area contributed by atoms with E-state index in [0.29, 0.717) is 0 Å². The van der Waals surface area contributed by atoms with Gasteiger partial charge in [-0.25, -0.2) is 0 Å². The molecule has 0 aliphatic rings. The lowest BCUT2D eigenvalue weighted by atomic mass is 9.97. The summed E-state index contributed by atoms with van der Waals surface area (Å²) in [6, 6.07) is 11.8. The molecule has 2 aromatic carbocycles. The van der Waals surface area contributed by atoms with Gasteiger partial charge in [0.25, 0.3) is 0 Å². The van der Waals surface area contributed by atoms with Crippen molar-refractivity contribution < 1.29 is 4.74 Å². The van der Waals surface area contributed by atoms with Gasteiger partial charge in [0, 0.05) is 14.5 Å². The summed E-state index contributed by atoms with van der Waals surface area (Å²) < 4.78 is 7.41. The quantitative estimate of drug-likeness (QED) is 0.840. The van der Waals surface area contributed by atoms with Crippen LogP contribution in [0.25, 0.3) is 0 Å². The molecule has 0 heterocycles. The number of hydrogen-bond donors (Lipinski definition) is 1. The van der Waals surface area contributed by atoms with E-state index in [0.717, 1.165) is 25.8 Å². The summed E-state index contributed by atoms with van der Waals surface area (Å²) in [5.41, 5.74) is 9.58. The van der Waals surface area contributed by atoms with Gasteiger partial charge < -0.3 is 10.5 Å². The first-order valence-electron chi connectivity index (χ1n) is 5.88. The largest absolute Gasteiger partial charge is 0.496 e. The summed E-state index contributed by atoms with van der Waals surface area (Å²) in [6.45, 7) is 2.05. The van der Waals surface area contributed by atoms with Crippen molar-refractivity contribution in [2.75, 3.05) is 7.11 Å². The van der Waals surface area contributed by atoms with Gasteiger partial charge in [-0.3, -0.25) is 0 Å². The molecule has 0 bridgehead atoms. The second kappa shape index (κ2) is 6.07. The number of halogens is 2. The number of rotatable bonds is 3. The fraction of sp³-hybridized carbons (Fsp3) is 0.200. The predicted molar refractivity (Wildman–Crippen MR) is 85.6 cm³/mol. The maximum absolute atomic E-state index is 6.39. The summed E-state index contributed by atoms with van der Waals surface area (Å²) in [5.74, 6) is 0.813. The van der Waals surface area contributed by atoms with E-state index < -0.39 is 0 Å². The first-order valence-corrected chi connectivity index (χ1v) is 7.46. The van der Waals surface area contributed by atoms with Gasteiger partial charge in [-0.2, -0.15) is 0 Å². The molecule has 0 aromatic heterocycles. The van der Waals surface area contributed by atoms with Crippen LogP contribution in [0.5, 0.6) is 5.75 Å². The summed E-state index contributed by atoms with van der Waals surface area (Å²) in [6.07, 6.45) is 0. The molecule has 0 saturated heterocycles. The van der Waals surface area contributed by atoms with Crippen LogP contribution >= 0.6 is 31.9 Å². The molecule has 4 heteroatoms. The maximum atomic E-state index is 6.39. The van der Waals surface area contributed by atoms with Crippen LogP contribution in [0.15, 0.2) is 45.3 Å². The van der Waals surface area contributed by atoms with E-state index in [1.54, 1.807) is 7.11 Å². The Bertz CT molecular complexity index is 599. The number of hydrogen-bond acceptors (Lipinski definition) is 2.